The van der Waals surface area contributed by atoms with Crippen molar-refractivity contribution in [1.29, 1.82) is 0 Å². The standard InChI is InChI=1S/C15H15ClFN/c1-10-3-5-12(7-14(10)16)9-18-15-8-13(17)6-4-11(15)2/h3-8,18H,9H2,1-2H3. The molecule has 0 aliphatic heterocycles. The van der Waals surface area contributed by atoms with Gasteiger partial charge in [-0.25, -0.2) is 4.39 Å². The molecule has 0 aromatic heterocycles. The summed E-state index contributed by atoms with van der Waals surface area (Å²) >= 11 is 6.06. The number of hydrogen-bond acceptors (Lipinski definition) is 1. The molecular weight excluding hydrogens is 249 g/mol. The smallest absolute Gasteiger partial charge is 0.125 e. The molecule has 0 saturated heterocycles. The summed E-state index contributed by atoms with van der Waals surface area (Å²) in [5.41, 5.74) is 3.97. The Bertz CT molecular complexity index is 566. The van der Waals surface area contributed by atoms with Crippen molar-refractivity contribution >= 4 is 17.3 Å². The second-order valence-corrected chi connectivity index (χ2v) is 4.80. The van der Waals surface area contributed by atoms with E-state index in [9.17, 15) is 4.39 Å². The lowest BCUT2D eigenvalue weighted by Crippen LogP contribution is -2.01. The number of anilines is 1. The molecular formula is C15H15ClFN. The minimum atomic E-state index is -0.231. The van der Waals surface area contributed by atoms with Crippen molar-refractivity contribution in [2.45, 2.75) is 20.4 Å². The van der Waals surface area contributed by atoms with E-state index in [4.69, 9.17) is 11.6 Å². The zero-order valence-corrected chi connectivity index (χ0v) is 11.2. The maximum absolute atomic E-state index is 13.1. The van der Waals surface area contributed by atoms with E-state index < -0.39 is 0 Å². The summed E-state index contributed by atoms with van der Waals surface area (Å²) in [7, 11) is 0. The third-order valence-corrected chi connectivity index (χ3v) is 3.33. The largest absolute Gasteiger partial charge is 0.381 e. The minimum absolute atomic E-state index is 0.231. The number of aryl methyl sites for hydroxylation is 2. The van der Waals surface area contributed by atoms with Gasteiger partial charge in [-0.1, -0.05) is 29.8 Å². The number of halogens is 2. The molecule has 0 atom stereocenters. The van der Waals surface area contributed by atoms with Crippen LogP contribution in [-0.4, -0.2) is 0 Å². The van der Waals surface area contributed by atoms with Crippen LogP contribution in [0.25, 0.3) is 0 Å². The lowest BCUT2D eigenvalue weighted by molar-refractivity contribution is 0.628. The Hall–Kier alpha value is -1.54. The van der Waals surface area contributed by atoms with Crippen LogP contribution in [0.15, 0.2) is 36.4 Å². The molecule has 0 heterocycles. The van der Waals surface area contributed by atoms with Crippen molar-refractivity contribution in [2.75, 3.05) is 5.32 Å². The van der Waals surface area contributed by atoms with E-state index in [1.54, 1.807) is 6.07 Å². The van der Waals surface area contributed by atoms with Gasteiger partial charge in [0.2, 0.25) is 0 Å². The quantitative estimate of drug-likeness (QED) is 0.846. The molecule has 0 saturated carbocycles. The van der Waals surface area contributed by atoms with Crippen molar-refractivity contribution in [2.24, 2.45) is 0 Å². The Labute approximate surface area is 112 Å². The van der Waals surface area contributed by atoms with Crippen LogP contribution in [0.1, 0.15) is 16.7 Å². The average molecular weight is 264 g/mol. The predicted molar refractivity (Wildman–Crippen MR) is 74.7 cm³/mol. The Balaban J connectivity index is 2.11. The zero-order chi connectivity index (χ0) is 13.1. The van der Waals surface area contributed by atoms with Crippen molar-refractivity contribution in [3.05, 3.63) is 63.9 Å². The van der Waals surface area contributed by atoms with Gasteiger partial charge in [-0.15, -0.1) is 0 Å². The molecule has 0 unspecified atom stereocenters. The highest BCUT2D eigenvalue weighted by molar-refractivity contribution is 6.31. The maximum Gasteiger partial charge on any atom is 0.125 e. The fraction of sp³-hybridized carbons (Fsp3) is 0.200. The average Bonchev–Trinajstić information content (AvgIpc) is 2.34. The summed E-state index contributed by atoms with van der Waals surface area (Å²) < 4.78 is 13.1. The molecule has 0 fully saturated rings. The van der Waals surface area contributed by atoms with Crippen LogP contribution in [0.4, 0.5) is 10.1 Å². The number of benzene rings is 2. The normalized spacial score (nSPS) is 10.4. The van der Waals surface area contributed by atoms with Gasteiger partial charge in [0, 0.05) is 17.3 Å². The van der Waals surface area contributed by atoms with Gasteiger partial charge < -0.3 is 5.32 Å². The molecule has 2 aromatic carbocycles. The monoisotopic (exact) mass is 263 g/mol. The van der Waals surface area contributed by atoms with Crippen LogP contribution in [-0.2, 0) is 6.54 Å². The van der Waals surface area contributed by atoms with Crippen LogP contribution in [0.3, 0.4) is 0 Å². The second-order valence-electron chi connectivity index (χ2n) is 4.40. The van der Waals surface area contributed by atoms with E-state index in [0.717, 1.165) is 27.4 Å². The van der Waals surface area contributed by atoms with E-state index in [-0.39, 0.29) is 5.82 Å². The predicted octanol–water partition coefficient (Wildman–Crippen LogP) is 4.71. The highest BCUT2D eigenvalue weighted by atomic mass is 35.5. The van der Waals surface area contributed by atoms with Crippen molar-refractivity contribution in [3.8, 4) is 0 Å². The van der Waals surface area contributed by atoms with Gasteiger partial charge in [0.15, 0.2) is 0 Å². The molecule has 0 spiro atoms. The molecule has 0 amide bonds. The molecule has 1 nitrogen and oxygen atoms in total. The van der Waals surface area contributed by atoms with Crippen LogP contribution in [0.2, 0.25) is 5.02 Å². The van der Waals surface area contributed by atoms with Gasteiger partial charge in [-0.05, 0) is 48.7 Å². The summed E-state index contributed by atoms with van der Waals surface area (Å²) in [6.07, 6.45) is 0. The lowest BCUT2D eigenvalue weighted by atomic mass is 10.1. The van der Waals surface area contributed by atoms with E-state index in [1.807, 2.05) is 32.0 Å². The van der Waals surface area contributed by atoms with Crippen molar-refractivity contribution in [1.82, 2.24) is 0 Å². The molecule has 2 aromatic rings. The highest BCUT2D eigenvalue weighted by Crippen LogP contribution is 2.20. The van der Waals surface area contributed by atoms with E-state index in [0.29, 0.717) is 6.54 Å². The molecule has 0 radical (unpaired) electrons. The van der Waals surface area contributed by atoms with Crippen molar-refractivity contribution in [3.63, 3.8) is 0 Å². The highest BCUT2D eigenvalue weighted by Gasteiger charge is 2.01. The molecule has 1 N–H and O–H groups in total. The van der Waals surface area contributed by atoms with Gasteiger partial charge in [0.05, 0.1) is 0 Å². The number of rotatable bonds is 3. The number of nitrogens with one attached hydrogen (secondary N) is 1. The van der Waals surface area contributed by atoms with E-state index >= 15 is 0 Å². The van der Waals surface area contributed by atoms with Crippen LogP contribution < -0.4 is 5.32 Å². The van der Waals surface area contributed by atoms with Gasteiger partial charge in [0.25, 0.3) is 0 Å². The van der Waals surface area contributed by atoms with E-state index in [2.05, 4.69) is 5.32 Å². The Morgan fingerprint density at radius 2 is 1.78 bits per heavy atom. The Morgan fingerprint density at radius 3 is 2.50 bits per heavy atom. The SMILES string of the molecule is Cc1ccc(CNc2cc(F)ccc2C)cc1Cl. The summed E-state index contributed by atoms with van der Waals surface area (Å²) in [5, 5.41) is 3.97. The van der Waals surface area contributed by atoms with Gasteiger partial charge in [0.1, 0.15) is 5.82 Å². The van der Waals surface area contributed by atoms with Gasteiger partial charge in [-0.2, -0.15) is 0 Å². The van der Waals surface area contributed by atoms with Crippen molar-refractivity contribution < 1.29 is 4.39 Å². The molecule has 2 rings (SSSR count). The molecule has 18 heavy (non-hydrogen) atoms. The summed E-state index contributed by atoms with van der Waals surface area (Å²) in [6, 6.07) is 10.7. The van der Waals surface area contributed by atoms with Crippen LogP contribution in [0.5, 0.6) is 0 Å². The fourth-order valence-electron chi connectivity index (χ4n) is 1.73. The summed E-state index contributed by atoms with van der Waals surface area (Å²) in [6.45, 7) is 4.55. The van der Waals surface area contributed by atoms with Crippen LogP contribution in [0, 0.1) is 19.7 Å². The molecule has 0 bridgehead atoms. The first-order chi connectivity index (χ1) is 8.56. The topological polar surface area (TPSA) is 12.0 Å². The molecule has 0 aliphatic rings. The third-order valence-electron chi connectivity index (χ3n) is 2.92. The number of hydrogen-bond donors (Lipinski definition) is 1. The minimum Gasteiger partial charge on any atom is -0.381 e. The maximum atomic E-state index is 13.1. The zero-order valence-electron chi connectivity index (χ0n) is 10.4. The summed E-state index contributed by atoms with van der Waals surface area (Å²) in [5.74, 6) is -0.231. The molecule has 0 aliphatic carbocycles. The molecule has 3 heteroatoms. The first-order valence-electron chi connectivity index (χ1n) is 5.81. The second kappa shape index (κ2) is 5.40. The van der Waals surface area contributed by atoms with Gasteiger partial charge in [-0.3, -0.25) is 0 Å². The first kappa shape index (κ1) is 12.9. The first-order valence-corrected chi connectivity index (χ1v) is 6.19. The summed E-state index contributed by atoms with van der Waals surface area (Å²) in [4.78, 5) is 0. The lowest BCUT2D eigenvalue weighted by Gasteiger charge is -2.10. The Morgan fingerprint density at radius 1 is 1.06 bits per heavy atom. The third kappa shape index (κ3) is 3.02. The van der Waals surface area contributed by atoms with E-state index in [1.165, 1.54) is 12.1 Å². The Kier molecular flexibility index (Phi) is 3.87. The fourth-order valence-corrected chi connectivity index (χ4v) is 1.93. The van der Waals surface area contributed by atoms with Crippen LogP contribution >= 0.6 is 11.6 Å². The molecule has 94 valence electrons. The van der Waals surface area contributed by atoms with Gasteiger partial charge >= 0.3 is 0 Å².